The Morgan fingerprint density at radius 2 is 2.04 bits per heavy atom. The fourth-order valence-corrected chi connectivity index (χ4v) is 2.61. The van der Waals surface area contributed by atoms with Crippen molar-refractivity contribution in [1.29, 1.82) is 0 Å². The lowest BCUT2D eigenvalue weighted by atomic mass is 10.2. The van der Waals surface area contributed by atoms with Crippen molar-refractivity contribution in [1.82, 2.24) is 20.2 Å². The molecule has 1 fully saturated rings. The number of carbonyl (C=O) groups excluding carboxylic acids is 1. The Bertz CT molecular complexity index is 762. The highest BCUT2D eigenvalue weighted by atomic mass is 19.1. The second-order valence-electron chi connectivity index (χ2n) is 5.96. The Hall–Kier alpha value is -2.74. The maximum Gasteiger partial charge on any atom is 0.255 e. The van der Waals surface area contributed by atoms with Crippen LogP contribution in [0.3, 0.4) is 0 Å². The number of aromatic nitrogens is 2. The number of rotatable bonds is 4. The number of anilines is 1. The van der Waals surface area contributed by atoms with Gasteiger partial charge in [0.05, 0.1) is 17.8 Å². The number of hydrogen-bond acceptors (Lipinski definition) is 6. The highest BCUT2D eigenvalue weighted by Gasteiger charge is 2.17. The van der Waals surface area contributed by atoms with Crippen molar-refractivity contribution in [2.24, 2.45) is 0 Å². The van der Waals surface area contributed by atoms with Crippen LogP contribution in [-0.2, 0) is 6.54 Å². The minimum absolute atomic E-state index is 0.103. The summed E-state index contributed by atoms with van der Waals surface area (Å²) in [7, 11) is 2.08. The normalized spacial score (nSPS) is 15.2. The molecule has 0 saturated carbocycles. The third-order valence-corrected chi connectivity index (χ3v) is 4.15. The van der Waals surface area contributed by atoms with Crippen molar-refractivity contribution in [2.75, 3.05) is 38.1 Å². The Balaban J connectivity index is 1.64. The van der Waals surface area contributed by atoms with Gasteiger partial charge in [-0.2, -0.15) is 0 Å². The number of halogens is 1. The molecular formula is C17H20FN5O2. The number of phenols is 1. The maximum absolute atomic E-state index is 13.3. The molecule has 2 aromatic rings. The lowest BCUT2D eigenvalue weighted by Crippen LogP contribution is -2.45. The van der Waals surface area contributed by atoms with E-state index in [0.29, 0.717) is 11.6 Å². The van der Waals surface area contributed by atoms with Crippen LogP contribution in [0.25, 0.3) is 0 Å². The molecule has 2 heterocycles. The van der Waals surface area contributed by atoms with Crippen molar-refractivity contribution < 1.29 is 14.3 Å². The van der Waals surface area contributed by atoms with Gasteiger partial charge in [-0.15, -0.1) is 0 Å². The van der Waals surface area contributed by atoms with Crippen molar-refractivity contribution >= 4 is 11.9 Å². The molecule has 7 nitrogen and oxygen atoms in total. The SMILES string of the molecule is CN1CCN(c2nccc(CNC(=O)c3cccc(F)c3O)n2)CC1. The summed E-state index contributed by atoms with van der Waals surface area (Å²) < 4.78 is 13.3. The molecule has 0 unspecified atom stereocenters. The van der Waals surface area contributed by atoms with E-state index >= 15 is 0 Å². The lowest BCUT2D eigenvalue weighted by molar-refractivity contribution is 0.0947. The molecule has 25 heavy (non-hydrogen) atoms. The van der Waals surface area contributed by atoms with Gasteiger partial charge in [-0.25, -0.2) is 14.4 Å². The smallest absolute Gasteiger partial charge is 0.255 e. The summed E-state index contributed by atoms with van der Waals surface area (Å²) in [5.41, 5.74) is 0.543. The van der Waals surface area contributed by atoms with Crippen molar-refractivity contribution in [3.63, 3.8) is 0 Å². The van der Waals surface area contributed by atoms with Crippen LogP contribution in [0, 0.1) is 5.82 Å². The quantitative estimate of drug-likeness (QED) is 0.861. The molecule has 8 heteroatoms. The van der Waals surface area contributed by atoms with Crippen molar-refractivity contribution in [3.8, 4) is 5.75 Å². The number of benzene rings is 1. The first-order valence-electron chi connectivity index (χ1n) is 8.05. The molecule has 1 amide bonds. The fourth-order valence-electron chi connectivity index (χ4n) is 2.61. The molecule has 1 aliphatic heterocycles. The number of piperazine rings is 1. The number of nitrogens with zero attached hydrogens (tertiary/aromatic N) is 4. The molecule has 0 spiro atoms. The predicted octanol–water partition coefficient (Wildman–Crippen LogP) is 1.00. The van der Waals surface area contributed by atoms with Gasteiger partial charge >= 0.3 is 0 Å². The van der Waals surface area contributed by atoms with E-state index in [1.165, 1.54) is 12.1 Å². The zero-order valence-corrected chi connectivity index (χ0v) is 13.9. The number of aromatic hydroxyl groups is 1. The molecule has 0 bridgehead atoms. The largest absolute Gasteiger partial charge is 0.504 e. The average molecular weight is 345 g/mol. The van der Waals surface area contributed by atoms with E-state index in [1.54, 1.807) is 12.3 Å². The molecular weight excluding hydrogens is 325 g/mol. The molecule has 1 aromatic carbocycles. The third kappa shape index (κ3) is 4.03. The first kappa shape index (κ1) is 17.1. The van der Waals surface area contributed by atoms with E-state index in [-0.39, 0.29) is 12.1 Å². The van der Waals surface area contributed by atoms with Crippen molar-refractivity contribution in [2.45, 2.75) is 6.54 Å². The number of para-hydroxylation sites is 1. The Morgan fingerprint density at radius 1 is 1.28 bits per heavy atom. The van der Waals surface area contributed by atoms with E-state index in [0.717, 1.165) is 32.2 Å². The molecule has 1 saturated heterocycles. The first-order chi connectivity index (χ1) is 12.0. The van der Waals surface area contributed by atoms with Gasteiger partial charge in [0, 0.05) is 32.4 Å². The van der Waals surface area contributed by atoms with Crippen molar-refractivity contribution in [3.05, 3.63) is 47.5 Å². The summed E-state index contributed by atoms with van der Waals surface area (Å²) in [5.74, 6) is -1.40. The number of likely N-dealkylation sites (N-methyl/N-ethyl adjacent to an activating group) is 1. The van der Waals surface area contributed by atoms with E-state index in [2.05, 4.69) is 32.1 Å². The van der Waals surface area contributed by atoms with Crippen LogP contribution in [0.15, 0.2) is 30.5 Å². The summed E-state index contributed by atoms with van der Waals surface area (Å²) in [5, 5.41) is 12.3. The standard InChI is InChI=1S/C17H20FN5O2/c1-22-7-9-23(10-8-22)17-19-6-5-12(21-17)11-20-16(25)13-3-2-4-14(18)15(13)24/h2-6,24H,7-11H2,1H3,(H,20,25). The number of hydrogen-bond donors (Lipinski definition) is 2. The van der Waals surface area contributed by atoms with Crippen LogP contribution in [0.4, 0.5) is 10.3 Å². The molecule has 3 rings (SSSR count). The molecule has 1 aromatic heterocycles. The van der Waals surface area contributed by atoms with E-state index in [9.17, 15) is 14.3 Å². The highest BCUT2D eigenvalue weighted by molar-refractivity contribution is 5.96. The minimum Gasteiger partial charge on any atom is -0.504 e. The summed E-state index contributed by atoms with van der Waals surface area (Å²) >= 11 is 0. The second kappa shape index (κ2) is 7.43. The highest BCUT2D eigenvalue weighted by Crippen LogP contribution is 2.20. The summed E-state index contributed by atoms with van der Waals surface area (Å²) in [6.07, 6.45) is 1.65. The maximum atomic E-state index is 13.3. The Morgan fingerprint density at radius 3 is 2.80 bits per heavy atom. The van der Waals surface area contributed by atoms with Gasteiger partial charge in [0.2, 0.25) is 5.95 Å². The zero-order valence-electron chi connectivity index (χ0n) is 13.9. The topological polar surface area (TPSA) is 81.6 Å². The molecule has 0 radical (unpaired) electrons. The van der Waals surface area contributed by atoms with Crippen LogP contribution in [-0.4, -0.2) is 59.1 Å². The number of carbonyl (C=O) groups is 1. The minimum atomic E-state index is -0.827. The van der Waals surface area contributed by atoms with Gasteiger partial charge in [0.25, 0.3) is 5.91 Å². The van der Waals surface area contributed by atoms with E-state index in [1.807, 2.05) is 0 Å². The zero-order chi connectivity index (χ0) is 17.8. The van der Waals surface area contributed by atoms with Gasteiger partial charge in [-0.1, -0.05) is 6.07 Å². The monoisotopic (exact) mass is 345 g/mol. The summed E-state index contributed by atoms with van der Waals surface area (Å²) in [6.45, 7) is 3.76. The molecule has 0 atom stereocenters. The summed E-state index contributed by atoms with van der Waals surface area (Å²) in [4.78, 5) is 25.2. The van der Waals surface area contributed by atoms with Crippen LogP contribution in [0.1, 0.15) is 16.1 Å². The van der Waals surface area contributed by atoms with Gasteiger partial charge in [0.1, 0.15) is 0 Å². The number of nitrogens with one attached hydrogen (secondary N) is 1. The Kier molecular flexibility index (Phi) is 5.08. The van der Waals surface area contributed by atoms with Crippen LogP contribution in [0.5, 0.6) is 5.75 Å². The predicted molar refractivity (Wildman–Crippen MR) is 91.0 cm³/mol. The Labute approximate surface area is 145 Å². The van der Waals surface area contributed by atoms with Crippen LogP contribution < -0.4 is 10.2 Å². The van der Waals surface area contributed by atoms with E-state index in [4.69, 9.17) is 0 Å². The van der Waals surface area contributed by atoms with Crippen LogP contribution in [0.2, 0.25) is 0 Å². The number of phenolic OH excluding ortho intramolecular Hbond substituents is 1. The van der Waals surface area contributed by atoms with E-state index < -0.39 is 17.5 Å². The van der Waals surface area contributed by atoms with Crippen LogP contribution >= 0.6 is 0 Å². The average Bonchev–Trinajstić information content (AvgIpc) is 2.63. The van der Waals surface area contributed by atoms with Gasteiger partial charge in [-0.05, 0) is 25.2 Å². The first-order valence-corrected chi connectivity index (χ1v) is 8.05. The third-order valence-electron chi connectivity index (χ3n) is 4.15. The van der Waals surface area contributed by atoms with Gasteiger partial charge < -0.3 is 20.2 Å². The van der Waals surface area contributed by atoms with Gasteiger partial charge in [-0.3, -0.25) is 4.79 Å². The molecule has 0 aliphatic carbocycles. The molecule has 1 aliphatic rings. The lowest BCUT2D eigenvalue weighted by Gasteiger charge is -2.32. The summed E-state index contributed by atoms with van der Waals surface area (Å²) in [6, 6.07) is 5.55. The fraction of sp³-hybridized carbons (Fsp3) is 0.353. The second-order valence-corrected chi connectivity index (χ2v) is 5.96. The molecule has 2 N–H and O–H groups in total. The van der Waals surface area contributed by atoms with Gasteiger partial charge in [0.15, 0.2) is 11.6 Å². The molecule has 132 valence electrons. The number of amides is 1.